The third kappa shape index (κ3) is 4.62. The highest BCUT2D eigenvalue weighted by Crippen LogP contribution is 2.19. The molecule has 0 aromatic heterocycles. The van der Waals surface area contributed by atoms with Crippen molar-refractivity contribution >= 4 is 15.5 Å². The van der Waals surface area contributed by atoms with Crippen LogP contribution in [0.2, 0.25) is 0 Å². The normalized spacial score (nSPS) is 11.6. The van der Waals surface area contributed by atoms with Crippen molar-refractivity contribution in [2.45, 2.75) is 6.54 Å². The molecule has 1 aromatic carbocycles. The van der Waals surface area contributed by atoms with E-state index in [1.807, 2.05) is 6.07 Å². The molecule has 6 heteroatoms. The van der Waals surface area contributed by atoms with Crippen LogP contribution in [0.4, 0.5) is 10.1 Å². The lowest BCUT2D eigenvalue weighted by Crippen LogP contribution is -2.25. The molecule has 4 nitrogen and oxygen atoms in total. The van der Waals surface area contributed by atoms with Crippen LogP contribution in [-0.2, 0) is 16.4 Å². The van der Waals surface area contributed by atoms with Crippen molar-refractivity contribution in [1.82, 2.24) is 5.32 Å². The van der Waals surface area contributed by atoms with Crippen molar-refractivity contribution in [1.29, 1.82) is 0 Å². The number of benzene rings is 1. The van der Waals surface area contributed by atoms with Gasteiger partial charge in [-0.1, -0.05) is 6.07 Å². The van der Waals surface area contributed by atoms with Crippen molar-refractivity contribution in [3.05, 3.63) is 29.6 Å². The molecule has 1 aromatic rings. The molecule has 0 aliphatic rings. The van der Waals surface area contributed by atoms with Crippen molar-refractivity contribution in [3.8, 4) is 0 Å². The molecule has 0 unspecified atom stereocenters. The van der Waals surface area contributed by atoms with E-state index in [1.54, 1.807) is 25.1 Å². The third-order valence-electron chi connectivity index (χ3n) is 2.60. The Morgan fingerprint density at radius 2 is 2.06 bits per heavy atom. The second kappa shape index (κ2) is 6.15. The fourth-order valence-corrected chi connectivity index (χ4v) is 2.20. The molecule has 0 aliphatic carbocycles. The second-order valence-corrected chi connectivity index (χ2v) is 6.63. The molecule has 18 heavy (non-hydrogen) atoms. The molecule has 0 saturated carbocycles. The predicted octanol–water partition coefficient (Wildman–Crippen LogP) is 1.03. The van der Waals surface area contributed by atoms with Crippen LogP contribution in [0.3, 0.4) is 0 Å². The smallest absolute Gasteiger partial charge is 0.149 e. The van der Waals surface area contributed by atoms with Crippen LogP contribution < -0.4 is 10.2 Å². The van der Waals surface area contributed by atoms with Crippen LogP contribution in [-0.4, -0.2) is 41.1 Å². The fraction of sp³-hybridized carbons (Fsp3) is 0.500. The number of anilines is 1. The van der Waals surface area contributed by atoms with Gasteiger partial charge < -0.3 is 10.2 Å². The Morgan fingerprint density at radius 3 is 2.56 bits per heavy atom. The van der Waals surface area contributed by atoms with Gasteiger partial charge in [0.25, 0.3) is 0 Å². The highest BCUT2D eigenvalue weighted by molar-refractivity contribution is 7.90. The monoisotopic (exact) mass is 274 g/mol. The first-order valence-electron chi connectivity index (χ1n) is 5.65. The largest absolute Gasteiger partial charge is 0.371 e. The Hall–Kier alpha value is -1.14. The highest BCUT2D eigenvalue weighted by atomic mass is 32.2. The van der Waals surface area contributed by atoms with Gasteiger partial charge in [-0.3, -0.25) is 0 Å². The minimum absolute atomic E-state index is 0.0151. The van der Waals surface area contributed by atoms with E-state index >= 15 is 0 Å². The van der Waals surface area contributed by atoms with Gasteiger partial charge in [0, 0.05) is 26.4 Å². The summed E-state index contributed by atoms with van der Waals surface area (Å²) >= 11 is 0. The number of sulfone groups is 1. The standard InChI is InChI=1S/C12H19FN2O2S/c1-14-9-10-4-5-12(11(13)8-10)15(2)6-7-18(3,16)17/h4-5,8,14H,6-7,9H2,1-3H3. The van der Waals surface area contributed by atoms with E-state index in [4.69, 9.17) is 0 Å². The number of halogens is 1. The molecule has 0 amide bonds. The Balaban J connectivity index is 2.77. The van der Waals surface area contributed by atoms with E-state index < -0.39 is 9.84 Å². The summed E-state index contributed by atoms with van der Waals surface area (Å²) in [5.41, 5.74) is 1.27. The predicted molar refractivity (Wildman–Crippen MR) is 72.1 cm³/mol. The van der Waals surface area contributed by atoms with Gasteiger partial charge >= 0.3 is 0 Å². The van der Waals surface area contributed by atoms with Gasteiger partial charge in [0.15, 0.2) is 0 Å². The summed E-state index contributed by atoms with van der Waals surface area (Å²) in [6.45, 7) is 0.880. The number of hydrogen-bond acceptors (Lipinski definition) is 4. The molecule has 0 atom stereocenters. The first-order chi connectivity index (χ1) is 8.33. The molecule has 102 valence electrons. The zero-order chi connectivity index (χ0) is 13.8. The molecule has 1 N–H and O–H groups in total. The maximum absolute atomic E-state index is 13.8. The van der Waals surface area contributed by atoms with Gasteiger partial charge in [-0.2, -0.15) is 0 Å². The van der Waals surface area contributed by atoms with Gasteiger partial charge in [-0.25, -0.2) is 12.8 Å². The fourth-order valence-electron chi connectivity index (χ4n) is 1.60. The Bertz CT molecular complexity index is 503. The molecule has 0 aliphatic heterocycles. The summed E-state index contributed by atoms with van der Waals surface area (Å²) in [7, 11) is 0.447. The highest BCUT2D eigenvalue weighted by Gasteiger charge is 2.10. The van der Waals surface area contributed by atoms with Crippen LogP contribution in [0, 0.1) is 5.82 Å². The maximum atomic E-state index is 13.8. The third-order valence-corrected chi connectivity index (χ3v) is 3.53. The van der Waals surface area contributed by atoms with Crippen LogP contribution in [0.15, 0.2) is 18.2 Å². The van der Waals surface area contributed by atoms with Gasteiger partial charge in [0.05, 0.1) is 11.4 Å². The quantitative estimate of drug-likeness (QED) is 0.841. The van der Waals surface area contributed by atoms with Gasteiger partial charge in [0.2, 0.25) is 0 Å². The van der Waals surface area contributed by atoms with Crippen LogP contribution in [0.1, 0.15) is 5.56 Å². The maximum Gasteiger partial charge on any atom is 0.149 e. The van der Waals surface area contributed by atoms with Crippen LogP contribution in [0.5, 0.6) is 0 Å². The second-order valence-electron chi connectivity index (χ2n) is 4.37. The molecule has 0 saturated heterocycles. The Labute approximate surface area is 108 Å². The van der Waals surface area contributed by atoms with Gasteiger partial charge in [0.1, 0.15) is 15.7 Å². The molecule has 0 bridgehead atoms. The Morgan fingerprint density at radius 1 is 1.39 bits per heavy atom. The lowest BCUT2D eigenvalue weighted by molar-refractivity contribution is 0.599. The van der Waals surface area contributed by atoms with Crippen molar-refractivity contribution in [3.63, 3.8) is 0 Å². The molecule has 0 radical (unpaired) electrons. The average molecular weight is 274 g/mol. The molecule has 0 fully saturated rings. The molecular formula is C12H19FN2O2S. The van der Waals surface area contributed by atoms with Crippen molar-refractivity contribution in [2.24, 2.45) is 0 Å². The lowest BCUT2D eigenvalue weighted by atomic mass is 10.2. The first kappa shape index (κ1) is 14.9. The summed E-state index contributed by atoms with van der Waals surface area (Å²) in [5.74, 6) is -0.319. The van der Waals surface area contributed by atoms with Crippen LogP contribution in [0.25, 0.3) is 0 Å². The summed E-state index contributed by atoms with van der Waals surface area (Å²) in [4.78, 5) is 1.61. The van der Waals surface area contributed by atoms with E-state index in [2.05, 4.69) is 5.32 Å². The number of rotatable bonds is 6. The minimum atomic E-state index is -3.03. The first-order valence-corrected chi connectivity index (χ1v) is 7.71. The van der Waals surface area contributed by atoms with Gasteiger partial charge in [-0.15, -0.1) is 0 Å². The summed E-state index contributed by atoms with van der Waals surface area (Å²) < 4.78 is 35.9. The number of nitrogens with zero attached hydrogens (tertiary/aromatic N) is 1. The summed E-state index contributed by atoms with van der Waals surface area (Å²) in [5, 5.41) is 2.95. The summed E-state index contributed by atoms with van der Waals surface area (Å²) in [6, 6.07) is 4.96. The van der Waals surface area contributed by atoms with Gasteiger partial charge in [-0.05, 0) is 24.7 Å². The zero-order valence-electron chi connectivity index (χ0n) is 10.9. The molecule has 0 spiro atoms. The van der Waals surface area contributed by atoms with E-state index in [0.29, 0.717) is 12.2 Å². The van der Waals surface area contributed by atoms with E-state index in [0.717, 1.165) is 5.56 Å². The number of hydrogen-bond donors (Lipinski definition) is 1. The Kier molecular flexibility index (Phi) is 5.10. The SMILES string of the molecule is CNCc1ccc(N(C)CCS(C)(=O)=O)c(F)c1. The van der Waals surface area contributed by atoms with Crippen molar-refractivity contribution < 1.29 is 12.8 Å². The lowest BCUT2D eigenvalue weighted by Gasteiger charge is -2.19. The van der Waals surface area contributed by atoms with E-state index in [9.17, 15) is 12.8 Å². The zero-order valence-corrected chi connectivity index (χ0v) is 11.7. The van der Waals surface area contributed by atoms with Crippen molar-refractivity contribution in [2.75, 3.05) is 37.5 Å². The topological polar surface area (TPSA) is 49.4 Å². The molecular weight excluding hydrogens is 255 g/mol. The van der Waals surface area contributed by atoms with E-state index in [-0.39, 0.29) is 18.1 Å². The van der Waals surface area contributed by atoms with E-state index in [1.165, 1.54) is 12.3 Å². The van der Waals surface area contributed by atoms with Crippen LogP contribution >= 0.6 is 0 Å². The molecule has 1 rings (SSSR count). The average Bonchev–Trinajstić information content (AvgIpc) is 2.25. The molecule has 0 heterocycles. The summed E-state index contributed by atoms with van der Waals surface area (Å²) in [6.07, 6.45) is 1.17. The minimum Gasteiger partial charge on any atom is -0.371 e. The number of nitrogens with one attached hydrogen (secondary N) is 1.